The van der Waals surface area contributed by atoms with Crippen molar-refractivity contribution in [1.29, 1.82) is 0 Å². The molecule has 0 bridgehead atoms. The van der Waals surface area contributed by atoms with Gasteiger partial charge < -0.3 is 5.32 Å². The maximum atomic E-state index is 3.61. The third-order valence-corrected chi connectivity index (χ3v) is 3.99. The number of rotatable bonds is 2. The molecule has 1 aliphatic rings. The minimum absolute atomic E-state index is 0.549. The number of benzene rings is 2. The highest BCUT2D eigenvalue weighted by Gasteiger charge is 2.20. The molecule has 2 aromatic carbocycles. The summed E-state index contributed by atoms with van der Waals surface area (Å²) in [6.07, 6.45) is 2.28. The van der Waals surface area contributed by atoms with Gasteiger partial charge in [0.2, 0.25) is 0 Å². The number of hydrogen-bond acceptors (Lipinski definition) is 1. The minimum atomic E-state index is 0.549. The smallest absolute Gasteiger partial charge is 0.0343 e. The van der Waals surface area contributed by atoms with Crippen LogP contribution in [-0.2, 0) is 12.8 Å². The van der Waals surface area contributed by atoms with Gasteiger partial charge in [0.1, 0.15) is 0 Å². The Kier molecular flexibility index (Phi) is 3.05. The van der Waals surface area contributed by atoms with Crippen molar-refractivity contribution < 1.29 is 0 Å². The topological polar surface area (TPSA) is 12.0 Å². The molecule has 0 saturated carbocycles. The van der Waals surface area contributed by atoms with E-state index in [0.29, 0.717) is 6.04 Å². The van der Waals surface area contributed by atoms with E-state index in [1.165, 1.54) is 20.4 Å². The predicted molar refractivity (Wildman–Crippen MR) is 80.4 cm³/mol. The van der Waals surface area contributed by atoms with E-state index in [0.717, 1.165) is 12.8 Å². The van der Waals surface area contributed by atoms with Gasteiger partial charge in [0.15, 0.2) is 0 Å². The first kappa shape index (κ1) is 11.1. The van der Waals surface area contributed by atoms with Crippen LogP contribution in [0.1, 0.15) is 11.1 Å². The Bertz CT molecular complexity index is 494. The SMILES string of the molecule is Ic1ccc(NC2Cc3ccccc3C2)cc1. The van der Waals surface area contributed by atoms with Gasteiger partial charge in [0.25, 0.3) is 0 Å². The first-order chi connectivity index (χ1) is 8.31. The van der Waals surface area contributed by atoms with Gasteiger partial charge in [-0.25, -0.2) is 0 Å². The lowest BCUT2D eigenvalue weighted by Gasteiger charge is -2.13. The molecular weight excluding hydrogens is 321 g/mol. The number of anilines is 1. The van der Waals surface area contributed by atoms with Crippen molar-refractivity contribution in [2.75, 3.05) is 5.32 Å². The van der Waals surface area contributed by atoms with Gasteiger partial charge >= 0.3 is 0 Å². The molecule has 0 unspecified atom stereocenters. The van der Waals surface area contributed by atoms with Gasteiger partial charge in [0, 0.05) is 15.3 Å². The number of halogens is 1. The molecule has 0 aromatic heterocycles. The van der Waals surface area contributed by atoms with Gasteiger partial charge in [-0.2, -0.15) is 0 Å². The van der Waals surface area contributed by atoms with Gasteiger partial charge in [0.05, 0.1) is 0 Å². The summed E-state index contributed by atoms with van der Waals surface area (Å²) in [5.41, 5.74) is 4.22. The second kappa shape index (κ2) is 4.69. The Morgan fingerprint density at radius 3 is 2.06 bits per heavy atom. The highest BCUT2D eigenvalue weighted by Crippen LogP contribution is 2.24. The maximum Gasteiger partial charge on any atom is 0.0343 e. The van der Waals surface area contributed by atoms with Crippen LogP contribution in [0.25, 0.3) is 0 Å². The zero-order valence-corrected chi connectivity index (χ0v) is 11.6. The van der Waals surface area contributed by atoms with Crippen LogP contribution in [0.4, 0.5) is 5.69 Å². The highest BCUT2D eigenvalue weighted by molar-refractivity contribution is 14.1. The minimum Gasteiger partial charge on any atom is -0.382 e. The molecular formula is C15H14IN. The van der Waals surface area contributed by atoms with Crippen molar-refractivity contribution in [3.05, 3.63) is 63.2 Å². The largest absolute Gasteiger partial charge is 0.382 e. The molecule has 3 rings (SSSR count). The molecule has 0 amide bonds. The summed E-state index contributed by atoms with van der Waals surface area (Å²) in [4.78, 5) is 0. The van der Waals surface area contributed by atoms with Crippen LogP contribution in [0.3, 0.4) is 0 Å². The molecule has 0 radical (unpaired) electrons. The summed E-state index contributed by atoms with van der Waals surface area (Å²) in [7, 11) is 0. The summed E-state index contributed by atoms with van der Waals surface area (Å²) in [5.74, 6) is 0. The Hall–Kier alpha value is -1.03. The van der Waals surface area contributed by atoms with Crippen molar-refractivity contribution in [1.82, 2.24) is 0 Å². The van der Waals surface area contributed by atoms with E-state index in [-0.39, 0.29) is 0 Å². The van der Waals surface area contributed by atoms with Crippen molar-refractivity contribution in [2.45, 2.75) is 18.9 Å². The van der Waals surface area contributed by atoms with Crippen molar-refractivity contribution >= 4 is 28.3 Å². The Morgan fingerprint density at radius 2 is 1.47 bits per heavy atom. The van der Waals surface area contributed by atoms with E-state index in [2.05, 4.69) is 76.4 Å². The van der Waals surface area contributed by atoms with Crippen LogP contribution in [0.2, 0.25) is 0 Å². The van der Waals surface area contributed by atoms with Crippen molar-refractivity contribution in [3.8, 4) is 0 Å². The molecule has 2 aromatic rings. The van der Waals surface area contributed by atoms with E-state index in [1.54, 1.807) is 0 Å². The van der Waals surface area contributed by atoms with E-state index >= 15 is 0 Å². The summed E-state index contributed by atoms with van der Waals surface area (Å²) in [5, 5.41) is 3.61. The van der Waals surface area contributed by atoms with Crippen LogP contribution in [-0.4, -0.2) is 6.04 Å². The number of nitrogens with one attached hydrogen (secondary N) is 1. The third kappa shape index (κ3) is 2.46. The van der Waals surface area contributed by atoms with Crippen LogP contribution >= 0.6 is 22.6 Å². The van der Waals surface area contributed by atoms with Crippen LogP contribution < -0.4 is 5.32 Å². The Balaban J connectivity index is 1.71. The lowest BCUT2D eigenvalue weighted by atomic mass is 10.1. The number of fused-ring (bicyclic) bond motifs is 1. The molecule has 0 heterocycles. The molecule has 0 saturated heterocycles. The standard InChI is InChI=1S/C15H14IN/c16-13-5-7-14(8-6-13)17-15-9-11-3-1-2-4-12(11)10-15/h1-8,15,17H,9-10H2. The monoisotopic (exact) mass is 335 g/mol. The average molecular weight is 335 g/mol. The third-order valence-electron chi connectivity index (χ3n) is 3.27. The second-order valence-corrected chi connectivity index (χ2v) is 5.77. The molecule has 1 nitrogen and oxygen atoms in total. The quantitative estimate of drug-likeness (QED) is 0.822. The van der Waals surface area contributed by atoms with Gasteiger partial charge in [-0.3, -0.25) is 0 Å². The van der Waals surface area contributed by atoms with E-state index in [1.807, 2.05) is 0 Å². The highest BCUT2D eigenvalue weighted by atomic mass is 127. The van der Waals surface area contributed by atoms with Gasteiger partial charge in [-0.1, -0.05) is 24.3 Å². The fourth-order valence-electron chi connectivity index (χ4n) is 2.44. The summed E-state index contributed by atoms with van der Waals surface area (Å²) in [6, 6.07) is 17.9. The fourth-order valence-corrected chi connectivity index (χ4v) is 2.80. The first-order valence-electron chi connectivity index (χ1n) is 5.90. The zero-order chi connectivity index (χ0) is 11.7. The first-order valence-corrected chi connectivity index (χ1v) is 6.98. The molecule has 0 fully saturated rings. The predicted octanol–water partition coefficient (Wildman–Crippen LogP) is 3.87. The molecule has 0 spiro atoms. The summed E-state index contributed by atoms with van der Waals surface area (Å²) >= 11 is 2.33. The molecule has 1 N–H and O–H groups in total. The fraction of sp³-hybridized carbons (Fsp3) is 0.200. The lowest BCUT2D eigenvalue weighted by Crippen LogP contribution is -2.19. The zero-order valence-electron chi connectivity index (χ0n) is 9.49. The molecule has 0 atom stereocenters. The normalized spacial score (nSPS) is 14.6. The lowest BCUT2D eigenvalue weighted by molar-refractivity contribution is 0.774. The Labute approximate surface area is 115 Å². The maximum absolute atomic E-state index is 3.61. The van der Waals surface area contributed by atoms with Crippen LogP contribution in [0, 0.1) is 3.57 Å². The van der Waals surface area contributed by atoms with Crippen molar-refractivity contribution in [2.24, 2.45) is 0 Å². The van der Waals surface area contributed by atoms with E-state index in [9.17, 15) is 0 Å². The molecule has 86 valence electrons. The number of hydrogen-bond donors (Lipinski definition) is 1. The van der Waals surface area contributed by atoms with E-state index in [4.69, 9.17) is 0 Å². The molecule has 2 heteroatoms. The molecule has 17 heavy (non-hydrogen) atoms. The van der Waals surface area contributed by atoms with Crippen LogP contribution in [0.5, 0.6) is 0 Å². The van der Waals surface area contributed by atoms with Gasteiger partial charge in [-0.15, -0.1) is 0 Å². The van der Waals surface area contributed by atoms with Gasteiger partial charge in [-0.05, 0) is 70.8 Å². The van der Waals surface area contributed by atoms with Crippen LogP contribution in [0.15, 0.2) is 48.5 Å². The second-order valence-electron chi connectivity index (χ2n) is 4.53. The van der Waals surface area contributed by atoms with Crippen molar-refractivity contribution in [3.63, 3.8) is 0 Å². The summed E-state index contributed by atoms with van der Waals surface area (Å²) in [6.45, 7) is 0. The summed E-state index contributed by atoms with van der Waals surface area (Å²) < 4.78 is 1.28. The average Bonchev–Trinajstić information content (AvgIpc) is 2.74. The Morgan fingerprint density at radius 1 is 0.882 bits per heavy atom. The molecule has 0 aliphatic heterocycles. The van der Waals surface area contributed by atoms with E-state index < -0.39 is 0 Å². The molecule has 1 aliphatic carbocycles.